The highest BCUT2D eigenvalue weighted by molar-refractivity contribution is 5.30. The Hall–Kier alpha value is -2.04. The first kappa shape index (κ1) is 15.4. The van der Waals surface area contributed by atoms with Crippen molar-refractivity contribution in [1.82, 2.24) is 4.98 Å². The molecule has 0 radical (unpaired) electrons. The molecule has 112 valence electrons. The maximum atomic E-state index is 12.1. The van der Waals surface area contributed by atoms with Crippen LogP contribution in [0.25, 0.3) is 0 Å². The minimum Gasteiger partial charge on any atom is -0.406 e. The quantitative estimate of drug-likeness (QED) is 0.796. The minimum absolute atomic E-state index is 0.195. The smallest absolute Gasteiger partial charge is 0.406 e. The molecule has 1 unspecified atom stereocenters. The number of pyridine rings is 1. The number of halogens is 3. The summed E-state index contributed by atoms with van der Waals surface area (Å²) in [7, 11) is 0. The Labute approximate surface area is 121 Å². The van der Waals surface area contributed by atoms with E-state index in [1.54, 1.807) is 18.3 Å². The molecule has 0 fully saturated rings. The summed E-state index contributed by atoms with van der Waals surface area (Å²) in [6.45, 7) is 2.05. The molecule has 0 spiro atoms. The molecule has 0 aliphatic rings. The lowest BCUT2D eigenvalue weighted by Crippen LogP contribution is -2.17. The molecular formula is C16H16F3NO. The topological polar surface area (TPSA) is 22.1 Å². The average Bonchev–Trinajstić information content (AvgIpc) is 2.45. The van der Waals surface area contributed by atoms with Crippen LogP contribution >= 0.6 is 0 Å². The molecule has 0 amide bonds. The summed E-state index contributed by atoms with van der Waals surface area (Å²) in [6, 6.07) is 11.8. The molecule has 0 N–H and O–H groups in total. The molecule has 1 aromatic heterocycles. The Balaban J connectivity index is 2.08. The van der Waals surface area contributed by atoms with E-state index in [0.717, 1.165) is 24.1 Å². The summed E-state index contributed by atoms with van der Waals surface area (Å²) in [5.74, 6) is 0.0266. The van der Waals surface area contributed by atoms with Gasteiger partial charge in [0.15, 0.2) is 0 Å². The van der Waals surface area contributed by atoms with Crippen LogP contribution < -0.4 is 4.74 Å². The van der Waals surface area contributed by atoms with Gasteiger partial charge in [-0.1, -0.05) is 25.1 Å². The van der Waals surface area contributed by atoms with Crippen molar-refractivity contribution in [3.05, 3.63) is 59.9 Å². The van der Waals surface area contributed by atoms with Gasteiger partial charge in [-0.15, -0.1) is 13.2 Å². The maximum Gasteiger partial charge on any atom is 0.573 e. The van der Waals surface area contributed by atoms with Gasteiger partial charge in [-0.25, -0.2) is 0 Å². The van der Waals surface area contributed by atoms with Crippen molar-refractivity contribution in [3.63, 3.8) is 0 Å². The zero-order valence-corrected chi connectivity index (χ0v) is 11.6. The summed E-state index contributed by atoms with van der Waals surface area (Å²) in [5, 5.41) is 0. The molecule has 2 rings (SSSR count). The van der Waals surface area contributed by atoms with Crippen molar-refractivity contribution in [2.75, 3.05) is 0 Å². The third-order valence-electron chi connectivity index (χ3n) is 3.26. The van der Waals surface area contributed by atoms with Gasteiger partial charge in [0.05, 0.1) is 0 Å². The molecule has 5 heteroatoms. The normalized spacial score (nSPS) is 13.0. The van der Waals surface area contributed by atoms with Crippen LogP contribution in [0.5, 0.6) is 5.75 Å². The molecule has 0 saturated heterocycles. The largest absolute Gasteiger partial charge is 0.573 e. The van der Waals surface area contributed by atoms with Gasteiger partial charge in [0.25, 0.3) is 0 Å². The van der Waals surface area contributed by atoms with E-state index in [1.165, 1.54) is 12.1 Å². The van der Waals surface area contributed by atoms with Crippen molar-refractivity contribution in [2.24, 2.45) is 0 Å². The molecule has 21 heavy (non-hydrogen) atoms. The Morgan fingerprint density at radius 2 is 1.81 bits per heavy atom. The Kier molecular flexibility index (Phi) is 4.83. The fraction of sp³-hybridized carbons (Fsp3) is 0.312. The number of nitrogens with zero attached hydrogens (tertiary/aromatic N) is 1. The van der Waals surface area contributed by atoms with Crippen molar-refractivity contribution in [1.29, 1.82) is 0 Å². The average molecular weight is 295 g/mol. The number of rotatable bonds is 5. The predicted molar refractivity (Wildman–Crippen MR) is 74.1 cm³/mol. The van der Waals surface area contributed by atoms with Gasteiger partial charge >= 0.3 is 6.36 Å². The lowest BCUT2D eigenvalue weighted by atomic mass is 9.91. The number of aromatic nitrogens is 1. The Morgan fingerprint density at radius 3 is 2.33 bits per heavy atom. The second-order valence-electron chi connectivity index (χ2n) is 4.75. The molecule has 0 bridgehead atoms. The predicted octanol–water partition coefficient (Wildman–Crippen LogP) is 4.72. The van der Waals surface area contributed by atoms with E-state index >= 15 is 0 Å². The van der Waals surface area contributed by atoms with E-state index in [1.807, 2.05) is 25.1 Å². The highest BCUT2D eigenvalue weighted by atomic mass is 19.4. The third-order valence-corrected chi connectivity index (χ3v) is 3.26. The molecule has 1 heterocycles. The van der Waals surface area contributed by atoms with Gasteiger partial charge in [-0.2, -0.15) is 0 Å². The zero-order chi connectivity index (χ0) is 15.3. The van der Waals surface area contributed by atoms with Gasteiger partial charge < -0.3 is 4.74 Å². The Morgan fingerprint density at radius 1 is 1.10 bits per heavy atom. The van der Waals surface area contributed by atoms with Gasteiger partial charge in [0.1, 0.15) is 5.75 Å². The van der Waals surface area contributed by atoms with Gasteiger partial charge in [-0.05, 0) is 48.6 Å². The standard InChI is InChI=1S/C16H16F3NO/c1-2-12(11-14-5-3-4-10-20-14)13-6-8-15(9-7-13)21-16(17,18)19/h3-10,12H,2,11H2,1H3. The van der Waals surface area contributed by atoms with Crippen LogP contribution in [0.1, 0.15) is 30.5 Å². The maximum absolute atomic E-state index is 12.1. The number of benzene rings is 1. The molecule has 2 aromatic rings. The number of hydrogen-bond acceptors (Lipinski definition) is 2. The van der Waals surface area contributed by atoms with Crippen LogP contribution in [-0.4, -0.2) is 11.3 Å². The lowest BCUT2D eigenvalue weighted by Gasteiger charge is -2.16. The van der Waals surface area contributed by atoms with Crippen LogP contribution in [0.3, 0.4) is 0 Å². The van der Waals surface area contributed by atoms with Gasteiger partial charge in [0, 0.05) is 11.9 Å². The van der Waals surface area contributed by atoms with E-state index in [2.05, 4.69) is 9.72 Å². The fourth-order valence-corrected chi connectivity index (χ4v) is 2.21. The van der Waals surface area contributed by atoms with Gasteiger partial charge in [0.2, 0.25) is 0 Å². The number of alkyl halides is 3. The van der Waals surface area contributed by atoms with E-state index in [9.17, 15) is 13.2 Å². The highest BCUT2D eigenvalue weighted by Gasteiger charge is 2.31. The van der Waals surface area contributed by atoms with E-state index in [0.29, 0.717) is 0 Å². The molecular weight excluding hydrogens is 279 g/mol. The first-order valence-corrected chi connectivity index (χ1v) is 6.73. The SMILES string of the molecule is CCC(Cc1ccccn1)c1ccc(OC(F)(F)F)cc1. The molecule has 1 atom stereocenters. The number of hydrogen-bond donors (Lipinski definition) is 0. The minimum atomic E-state index is -4.65. The number of ether oxygens (including phenoxy) is 1. The first-order chi connectivity index (χ1) is 9.98. The van der Waals surface area contributed by atoms with Crippen molar-refractivity contribution in [3.8, 4) is 5.75 Å². The van der Waals surface area contributed by atoms with Crippen LogP contribution in [0.2, 0.25) is 0 Å². The molecule has 2 nitrogen and oxygen atoms in total. The molecule has 0 saturated carbocycles. The fourth-order valence-electron chi connectivity index (χ4n) is 2.21. The first-order valence-electron chi connectivity index (χ1n) is 6.73. The van der Waals surface area contributed by atoms with Crippen LogP contribution in [0.15, 0.2) is 48.7 Å². The van der Waals surface area contributed by atoms with Crippen molar-refractivity contribution >= 4 is 0 Å². The van der Waals surface area contributed by atoms with Crippen LogP contribution in [-0.2, 0) is 6.42 Å². The van der Waals surface area contributed by atoms with Gasteiger partial charge in [-0.3, -0.25) is 4.98 Å². The van der Waals surface area contributed by atoms with E-state index in [4.69, 9.17) is 0 Å². The molecule has 0 aliphatic carbocycles. The second-order valence-corrected chi connectivity index (χ2v) is 4.75. The summed E-state index contributed by atoms with van der Waals surface area (Å²) >= 11 is 0. The summed E-state index contributed by atoms with van der Waals surface area (Å²) < 4.78 is 40.2. The Bertz CT molecular complexity index is 552. The van der Waals surface area contributed by atoms with Crippen LogP contribution in [0, 0.1) is 0 Å². The van der Waals surface area contributed by atoms with E-state index < -0.39 is 6.36 Å². The third kappa shape index (κ3) is 4.77. The van der Waals surface area contributed by atoms with E-state index in [-0.39, 0.29) is 11.7 Å². The van der Waals surface area contributed by atoms with Crippen LogP contribution in [0.4, 0.5) is 13.2 Å². The summed E-state index contributed by atoms with van der Waals surface area (Å²) in [5.41, 5.74) is 1.96. The monoisotopic (exact) mass is 295 g/mol. The summed E-state index contributed by atoms with van der Waals surface area (Å²) in [6.07, 6.45) is -1.27. The zero-order valence-electron chi connectivity index (χ0n) is 11.6. The lowest BCUT2D eigenvalue weighted by molar-refractivity contribution is -0.274. The molecule has 1 aromatic carbocycles. The summed E-state index contributed by atoms with van der Waals surface area (Å²) in [4.78, 5) is 4.28. The second kappa shape index (κ2) is 6.61. The van der Waals surface area contributed by atoms with Crippen molar-refractivity contribution in [2.45, 2.75) is 32.0 Å². The van der Waals surface area contributed by atoms with Crippen molar-refractivity contribution < 1.29 is 17.9 Å². The highest BCUT2D eigenvalue weighted by Crippen LogP contribution is 2.27. The molecule has 0 aliphatic heterocycles.